The largest absolute Gasteiger partial charge is 0.497 e. The number of carbonyl (C=O) groups excluding carboxylic acids is 1. The Balaban J connectivity index is 1.75. The highest BCUT2D eigenvalue weighted by Crippen LogP contribution is 2.17. The fourth-order valence-electron chi connectivity index (χ4n) is 1.99. The van der Waals surface area contributed by atoms with Crippen LogP contribution in [-0.2, 0) is 0 Å². The van der Waals surface area contributed by atoms with Crippen molar-refractivity contribution in [2.45, 2.75) is 0 Å². The zero-order chi connectivity index (χ0) is 16.2. The highest BCUT2D eigenvalue weighted by atomic mass is 19.1. The summed E-state index contributed by atoms with van der Waals surface area (Å²) in [6.45, 7) is 0. The lowest BCUT2D eigenvalue weighted by atomic mass is 10.2. The van der Waals surface area contributed by atoms with Crippen LogP contribution in [0.2, 0.25) is 0 Å². The van der Waals surface area contributed by atoms with Gasteiger partial charge in [-0.15, -0.1) is 5.10 Å². The zero-order valence-corrected chi connectivity index (χ0v) is 12.2. The van der Waals surface area contributed by atoms with Gasteiger partial charge in [0.25, 0.3) is 5.91 Å². The number of aromatic amines is 1. The smallest absolute Gasteiger partial charge is 0.258 e. The van der Waals surface area contributed by atoms with E-state index in [2.05, 4.69) is 20.5 Å². The van der Waals surface area contributed by atoms with E-state index >= 15 is 0 Å². The van der Waals surface area contributed by atoms with Crippen molar-refractivity contribution in [3.05, 3.63) is 59.9 Å². The number of aromatic nitrogens is 3. The second-order valence-corrected chi connectivity index (χ2v) is 4.70. The average molecular weight is 312 g/mol. The lowest BCUT2D eigenvalue weighted by Gasteiger charge is -2.03. The van der Waals surface area contributed by atoms with Crippen LogP contribution in [0.5, 0.6) is 5.75 Å². The number of rotatable bonds is 4. The third kappa shape index (κ3) is 3.34. The number of anilines is 1. The van der Waals surface area contributed by atoms with Crippen molar-refractivity contribution in [3.8, 4) is 17.1 Å². The fourth-order valence-corrected chi connectivity index (χ4v) is 1.99. The molecule has 0 unspecified atom stereocenters. The van der Waals surface area contributed by atoms with E-state index < -0.39 is 0 Å². The van der Waals surface area contributed by atoms with Crippen LogP contribution in [-0.4, -0.2) is 28.2 Å². The van der Waals surface area contributed by atoms with Crippen LogP contribution < -0.4 is 10.1 Å². The summed E-state index contributed by atoms with van der Waals surface area (Å²) >= 11 is 0. The van der Waals surface area contributed by atoms with Crippen molar-refractivity contribution in [1.29, 1.82) is 0 Å². The first-order valence-electron chi connectivity index (χ1n) is 6.79. The summed E-state index contributed by atoms with van der Waals surface area (Å²) in [5, 5.41) is 9.22. The molecule has 23 heavy (non-hydrogen) atoms. The van der Waals surface area contributed by atoms with Gasteiger partial charge in [0.15, 0.2) is 5.82 Å². The van der Waals surface area contributed by atoms with Gasteiger partial charge in [0.05, 0.1) is 7.11 Å². The molecule has 2 aromatic carbocycles. The Kier molecular flexibility index (Phi) is 4.01. The molecule has 3 aromatic rings. The Labute approximate surface area is 131 Å². The second kappa shape index (κ2) is 6.27. The van der Waals surface area contributed by atoms with Crippen LogP contribution in [0.3, 0.4) is 0 Å². The average Bonchev–Trinajstić information content (AvgIpc) is 3.04. The van der Waals surface area contributed by atoms with Crippen molar-refractivity contribution in [2.24, 2.45) is 0 Å². The van der Waals surface area contributed by atoms with Gasteiger partial charge in [0, 0.05) is 11.1 Å². The number of benzene rings is 2. The van der Waals surface area contributed by atoms with Crippen molar-refractivity contribution < 1.29 is 13.9 Å². The summed E-state index contributed by atoms with van der Waals surface area (Å²) in [6.07, 6.45) is 0. The van der Waals surface area contributed by atoms with E-state index in [1.165, 1.54) is 19.2 Å². The maximum atomic E-state index is 12.9. The van der Waals surface area contributed by atoms with E-state index in [-0.39, 0.29) is 17.7 Å². The summed E-state index contributed by atoms with van der Waals surface area (Å²) in [5.74, 6) is 0.469. The zero-order valence-electron chi connectivity index (χ0n) is 12.2. The fraction of sp³-hybridized carbons (Fsp3) is 0.0625. The number of amides is 1. The molecule has 2 N–H and O–H groups in total. The predicted molar refractivity (Wildman–Crippen MR) is 82.7 cm³/mol. The first kappa shape index (κ1) is 14.7. The first-order chi connectivity index (χ1) is 11.2. The third-order valence-electron chi connectivity index (χ3n) is 3.16. The maximum absolute atomic E-state index is 12.9. The SMILES string of the molecule is COc1cccc(C(=O)Nc2n[nH]c(-c3ccc(F)cc3)n2)c1. The Morgan fingerprint density at radius 1 is 1.22 bits per heavy atom. The minimum atomic E-state index is -0.353. The summed E-state index contributed by atoms with van der Waals surface area (Å²) in [7, 11) is 1.53. The number of halogens is 1. The van der Waals surface area contributed by atoms with E-state index in [0.29, 0.717) is 22.7 Å². The predicted octanol–water partition coefficient (Wildman–Crippen LogP) is 2.87. The van der Waals surface area contributed by atoms with Gasteiger partial charge < -0.3 is 4.74 Å². The van der Waals surface area contributed by atoms with Crippen molar-refractivity contribution in [3.63, 3.8) is 0 Å². The molecule has 7 heteroatoms. The minimum Gasteiger partial charge on any atom is -0.497 e. The van der Waals surface area contributed by atoms with Crippen LogP contribution in [0.15, 0.2) is 48.5 Å². The summed E-state index contributed by atoms with van der Waals surface area (Å²) < 4.78 is 18.0. The van der Waals surface area contributed by atoms with Gasteiger partial charge in [0.2, 0.25) is 5.95 Å². The Bertz CT molecular complexity index is 830. The minimum absolute atomic E-state index is 0.136. The summed E-state index contributed by atoms with van der Waals surface area (Å²) in [5.41, 5.74) is 1.10. The quantitative estimate of drug-likeness (QED) is 0.776. The molecule has 0 spiro atoms. The standard InChI is InChI=1S/C16H13FN4O2/c1-23-13-4-2-3-11(9-13)15(22)19-16-18-14(20-21-16)10-5-7-12(17)8-6-10/h2-9H,1H3,(H2,18,19,20,21,22). The highest BCUT2D eigenvalue weighted by Gasteiger charge is 2.11. The lowest BCUT2D eigenvalue weighted by molar-refractivity contribution is 0.102. The molecular weight excluding hydrogens is 299 g/mol. The molecule has 1 heterocycles. The molecule has 0 fully saturated rings. The second-order valence-electron chi connectivity index (χ2n) is 4.70. The molecule has 116 valence electrons. The molecule has 0 saturated heterocycles. The molecular formula is C16H13FN4O2. The van der Waals surface area contributed by atoms with E-state index in [1.54, 1.807) is 36.4 Å². The number of carbonyl (C=O) groups is 1. The molecule has 1 aromatic heterocycles. The van der Waals surface area contributed by atoms with Crippen LogP contribution in [0.4, 0.5) is 10.3 Å². The van der Waals surface area contributed by atoms with Gasteiger partial charge in [-0.05, 0) is 42.5 Å². The summed E-state index contributed by atoms with van der Waals surface area (Å²) in [4.78, 5) is 16.3. The Hall–Kier alpha value is -3.22. The van der Waals surface area contributed by atoms with Gasteiger partial charge >= 0.3 is 0 Å². The highest BCUT2D eigenvalue weighted by molar-refractivity contribution is 6.03. The Morgan fingerprint density at radius 3 is 2.74 bits per heavy atom. The molecule has 0 aliphatic rings. The molecule has 6 nitrogen and oxygen atoms in total. The van der Waals surface area contributed by atoms with Gasteiger partial charge in [-0.1, -0.05) is 6.07 Å². The number of H-pyrrole nitrogens is 1. The van der Waals surface area contributed by atoms with Gasteiger partial charge in [-0.2, -0.15) is 4.98 Å². The molecule has 0 aliphatic carbocycles. The van der Waals surface area contributed by atoms with Crippen molar-refractivity contribution >= 4 is 11.9 Å². The molecule has 0 aliphatic heterocycles. The van der Waals surface area contributed by atoms with Crippen LogP contribution in [0, 0.1) is 5.82 Å². The third-order valence-corrected chi connectivity index (χ3v) is 3.16. The monoisotopic (exact) mass is 312 g/mol. The number of hydrogen-bond acceptors (Lipinski definition) is 4. The molecule has 1 amide bonds. The van der Waals surface area contributed by atoms with E-state index in [4.69, 9.17) is 4.74 Å². The molecule has 0 bridgehead atoms. The van der Waals surface area contributed by atoms with E-state index in [1.807, 2.05) is 0 Å². The van der Waals surface area contributed by atoms with Crippen LogP contribution in [0.25, 0.3) is 11.4 Å². The lowest BCUT2D eigenvalue weighted by Crippen LogP contribution is -2.13. The number of hydrogen-bond donors (Lipinski definition) is 2. The first-order valence-corrected chi connectivity index (χ1v) is 6.79. The number of methoxy groups -OCH3 is 1. The number of nitrogens with zero attached hydrogens (tertiary/aromatic N) is 2. The summed E-state index contributed by atoms with van der Waals surface area (Å²) in [6, 6.07) is 12.5. The number of nitrogens with one attached hydrogen (secondary N) is 2. The maximum Gasteiger partial charge on any atom is 0.258 e. The molecule has 0 radical (unpaired) electrons. The van der Waals surface area contributed by atoms with Gasteiger partial charge in [-0.3, -0.25) is 15.2 Å². The van der Waals surface area contributed by atoms with Gasteiger partial charge in [-0.25, -0.2) is 4.39 Å². The normalized spacial score (nSPS) is 10.3. The molecule has 0 atom stereocenters. The van der Waals surface area contributed by atoms with Crippen LogP contribution >= 0.6 is 0 Å². The topological polar surface area (TPSA) is 79.9 Å². The van der Waals surface area contributed by atoms with E-state index in [9.17, 15) is 9.18 Å². The van der Waals surface area contributed by atoms with Crippen LogP contribution in [0.1, 0.15) is 10.4 Å². The molecule has 0 saturated carbocycles. The number of ether oxygens (including phenoxy) is 1. The molecule has 3 rings (SSSR count). The van der Waals surface area contributed by atoms with Crippen molar-refractivity contribution in [1.82, 2.24) is 15.2 Å². The van der Waals surface area contributed by atoms with Gasteiger partial charge in [0.1, 0.15) is 11.6 Å². The van der Waals surface area contributed by atoms with E-state index in [0.717, 1.165) is 0 Å². The Morgan fingerprint density at radius 2 is 2.00 bits per heavy atom. The van der Waals surface area contributed by atoms with Crippen molar-refractivity contribution in [2.75, 3.05) is 12.4 Å².